The number of nitrogens with one attached hydrogen (secondary N) is 1. The first-order chi connectivity index (χ1) is 12.6. The predicted octanol–water partition coefficient (Wildman–Crippen LogP) is 3.27. The number of aryl methyl sites for hydroxylation is 3. The van der Waals surface area contributed by atoms with Crippen LogP contribution in [0.15, 0.2) is 41.3 Å². The number of carbonyl (C=O) groups excluding carboxylic acids is 1. The number of hydrogen-bond donors (Lipinski definition) is 1. The van der Waals surface area contributed by atoms with Crippen LogP contribution in [0, 0.1) is 20.8 Å². The number of anilines is 1. The number of ether oxygens (including phenoxy) is 1. The lowest BCUT2D eigenvalue weighted by Crippen LogP contribution is -2.23. The Morgan fingerprint density at radius 2 is 1.70 bits per heavy atom. The number of nitrogens with zero attached hydrogens (tertiary/aromatic N) is 1. The minimum Gasteiger partial charge on any atom is -0.493 e. The van der Waals surface area contributed by atoms with Gasteiger partial charge < -0.3 is 10.1 Å². The number of rotatable bonds is 7. The Morgan fingerprint density at radius 1 is 1.04 bits per heavy atom. The summed E-state index contributed by atoms with van der Waals surface area (Å²) < 4.78 is 31.6. The highest BCUT2D eigenvalue weighted by atomic mass is 32.2. The fourth-order valence-electron chi connectivity index (χ4n) is 2.49. The summed E-state index contributed by atoms with van der Waals surface area (Å²) in [4.78, 5) is 12.4. The zero-order valence-electron chi connectivity index (χ0n) is 16.4. The molecule has 27 heavy (non-hydrogen) atoms. The molecule has 0 aromatic heterocycles. The summed E-state index contributed by atoms with van der Waals surface area (Å²) in [6, 6.07) is 10.8. The molecule has 1 amide bonds. The third-order valence-electron chi connectivity index (χ3n) is 4.16. The van der Waals surface area contributed by atoms with E-state index in [0.717, 1.165) is 21.2 Å². The molecule has 0 radical (unpaired) electrons. The lowest BCUT2D eigenvalue weighted by Gasteiger charge is -2.15. The molecule has 2 rings (SSSR count). The van der Waals surface area contributed by atoms with Gasteiger partial charge in [0.1, 0.15) is 5.75 Å². The molecular formula is C20H26N2O4S. The number of hydrogen-bond acceptors (Lipinski definition) is 4. The average Bonchev–Trinajstić information content (AvgIpc) is 2.59. The van der Waals surface area contributed by atoms with Gasteiger partial charge in [0.25, 0.3) is 0 Å². The number of sulfonamides is 1. The SMILES string of the molecule is Cc1ccc(C)c(OCCC(=O)Nc2ccc(C)c(S(=O)(=O)N(C)C)c2)c1. The third-order valence-corrected chi connectivity index (χ3v) is 6.12. The van der Waals surface area contributed by atoms with E-state index in [9.17, 15) is 13.2 Å². The van der Waals surface area contributed by atoms with Gasteiger partial charge in [-0.25, -0.2) is 12.7 Å². The number of carbonyl (C=O) groups is 1. The summed E-state index contributed by atoms with van der Waals surface area (Å²) in [6.45, 7) is 5.90. The zero-order valence-corrected chi connectivity index (χ0v) is 17.2. The maximum Gasteiger partial charge on any atom is 0.242 e. The molecule has 0 heterocycles. The second kappa shape index (κ2) is 8.54. The Kier molecular flexibility index (Phi) is 6.62. The van der Waals surface area contributed by atoms with Crippen molar-refractivity contribution < 1.29 is 17.9 Å². The van der Waals surface area contributed by atoms with Crippen LogP contribution >= 0.6 is 0 Å². The molecule has 0 fully saturated rings. The van der Waals surface area contributed by atoms with E-state index in [1.165, 1.54) is 20.2 Å². The quantitative estimate of drug-likeness (QED) is 0.787. The van der Waals surface area contributed by atoms with Crippen LogP contribution in [-0.4, -0.2) is 39.3 Å². The molecule has 0 unspecified atom stereocenters. The fraction of sp³-hybridized carbons (Fsp3) is 0.350. The average molecular weight is 391 g/mol. The van der Waals surface area contributed by atoms with Crippen molar-refractivity contribution in [2.24, 2.45) is 0 Å². The van der Waals surface area contributed by atoms with Crippen molar-refractivity contribution in [3.8, 4) is 5.75 Å². The van der Waals surface area contributed by atoms with E-state index in [0.29, 0.717) is 11.3 Å². The predicted molar refractivity (Wildman–Crippen MR) is 107 cm³/mol. The smallest absolute Gasteiger partial charge is 0.242 e. The highest BCUT2D eigenvalue weighted by Gasteiger charge is 2.20. The summed E-state index contributed by atoms with van der Waals surface area (Å²) in [5.74, 6) is 0.523. The standard InChI is InChI=1S/C20H26N2O4S/c1-14-6-7-15(2)18(12-14)26-11-10-20(23)21-17-9-8-16(3)19(13-17)27(24,25)22(4)5/h6-9,12-13H,10-11H2,1-5H3,(H,21,23). The van der Waals surface area contributed by atoms with Gasteiger partial charge in [-0.1, -0.05) is 18.2 Å². The van der Waals surface area contributed by atoms with Gasteiger partial charge in [0.2, 0.25) is 15.9 Å². The van der Waals surface area contributed by atoms with Gasteiger partial charge >= 0.3 is 0 Å². The van der Waals surface area contributed by atoms with Crippen LogP contribution in [0.1, 0.15) is 23.1 Å². The Morgan fingerprint density at radius 3 is 2.37 bits per heavy atom. The summed E-state index contributed by atoms with van der Waals surface area (Å²) >= 11 is 0. The second-order valence-electron chi connectivity index (χ2n) is 6.68. The summed E-state index contributed by atoms with van der Waals surface area (Å²) in [5.41, 5.74) is 3.17. The molecule has 0 aliphatic rings. The van der Waals surface area contributed by atoms with Gasteiger partial charge in [0.05, 0.1) is 17.9 Å². The van der Waals surface area contributed by atoms with Gasteiger partial charge in [0, 0.05) is 19.8 Å². The van der Waals surface area contributed by atoms with Crippen LogP contribution in [0.25, 0.3) is 0 Å². The molecule has 6 nitrogen and oxygen atoms in total. The van der Waals surface area contributed by atoms with Crippen LogP contribution < -0.4 is 10.1 Å². The molecule has 1 N–H and O–H groups in total. The summed E-state index contributed by atoms with van der Waals surface area (Å²) in [7, 11) is -0.617. The van der Waals surface area contributed by atoms with Crippen molar-refractivity contribution in [2.45, 2.75) is 32.1 Å². The molecule has 0 saturated heterocycles. The van der Waals surface area contributed by atoms with Crippen molar-refractivity contribution in [3.05, 3.63) is 53.1 Å². The molecule has 2 aromatic rings. The molecule has 0 aliphatic heterocycles. The Balaban J connectivity index is 2.01. The third kappa shape index (κ3) is 5.30. The Labute approximate surface area is 161 Å². The van der Waals surface area contributed by atoms with Gasteiger partial charge in [-0.15, -0.1) is 0 Å². The summed E-state index contributed by atoms with van der Waals surface area (Å²) in [6.07, 6.45) is 0.164. The van der Waals surface area contributed by atoms with Gasteiger partial charge in [-0.05, 0) is 55.7 Å². The highest BCUT2D eigenvalue weighted by Crippen LogP contribution is 2.23. The van der Waals surface area contributed by atoms with Crippen molar-refractivity contribution in [3.63, 3.8) is 0 Å². The minimum atomic E-state index is -3.57. The molecule has 146 valence electrons. The van der Waals surface area contributed by atoms with E-state index in [4.69, 9.17) is 4.74 Å². The Bertz CT molecular complexity index is 937. The molecular weight excluding hydrogens is 364 g/mol. The van der Waals surface area contributed by atoms with Crippen LogP contribution in [0.2, 0.25) is 0 Å². The van der Waals surface area contributed by atoms with Gasteiger partial charge in [0.15, 0.2) is 0 Å². The van der Waals surface area contributed by atoms with Crippen LogP contribution in [0.5, 0.6) is 5.75 Å². The minimum absolute atomic E-state index is 0.164. The molecule has 0 bridgehead atoms. The lowest BCUT2D eigenvalue weighted by molar-refractivity contribution is -0.116. The van der Waals surface area contributed by atoms with E-state index in [1.54, 1.807) is 19.1 Å². The van der Waals surface area contributed by atoms with Crippen molar-refractivity contribution in [1.82, 2.24) is 4.31 Å². The van der Waals surface area contributed by atoms with E-state index in [-0.39, 0.29) is 23.8 Å². The van der Waals surface area contributed by atoms with Crippen molar-refractivity contribution in [2.75, 3.05) is 26.0 Å². The summed E-state index contributed by atoms with van der Waals surface area (Å²) in [5, 5.41) is 2.73. The molecule has 0 spiro atoms. The van der Waals surface area contributed by atoms with E-state index in [1.807, 2.05) is 32.0 Å². The zero-order chi connectivity index (χ0) is 20.2. The lowest BCUT2D eigenvalue weighted by atomic mass is 10.1. The van der Waals surface area contributed by atoms with Gasteiger partial charge in [-0.2, -0.15) is 0 Å². The van der Waals surface area contributed by atoms with E-state index in [2.05, 4.69) is 5.32 Å². The maximum absolute atomic E-state index is 12.4. The highest BCUT2D eigenvalue weighted by molar-refractivity contribution is 7.89. The molecule has 0 atom stereocenters. The topological polar surface area (TPSA) is 75.7 Å². The number of amides is 1. The van der Waals surface area contributed by atoms with Gasteiger partial charge in [-0.3, -0.25) is 4.79 Å². The first-order valence-corrected chi connectivity index (χ1v) is 10.1. The number of benzene rings is 2. The van der Waals surface area contributed by atoms with Crippen LogP contribution in [-0.2, 0) is 14.8 Å². The molecule has 2 aromatic carbocycles. The van der Waals surface area contributed by atoms with Crippen LogP contribution in [0.4, 0.5) is 5.69 Å². The fourth-order valence-corrected chi connectivity index (χ4v) is 3.64. The molecule has 0 saturated carbocycles. The first-order valence-electron chi connectivity index (χ1n) is 8.64. The first kappa shape index (κ1) is 20.9. The van der Waals surface area contributed by atoms with Crippen molar-refractivity contribution in [1.29, 1.82) is 0 Å². The Hall–Kier alpha value is -2.38. The molecule has 7 heteroatoms. The monoisotopic (exact) mass is 390 g/mol. The van der Waals surface area contributed by atoms with E-state index >= 15 is 0 Å². The maximum atomic E-state index is 12.4. The molecule has 0 aliphatic carbocycles. The van der Waals surface area contributed by atoms with Crippen LogP contribution in [0.3, 0.4) is 0 Å². The second-order valence-corrected chi connectivity index (χ2v) is 8.80. The van der Waals surface area contributed by atoms with Crippen molar-refractivity contribution >= 4 is 21.6 Å². The van der Waals surface area contributed by atoms with E-state index < -0.39 is 10.0 Å². The normalized spacial score (nSPS) is 11.5. The largest absolute Gasteiger partial charge is 0.493 e.